The lowest BCUT2D eigenvalue weighted by atomic mass is 9.59. The maximum atomic E-state index is 9.36. The molecule has 1 aliphatic heterocycles. The minimum absolute atomic E-state index is 0.330. The molecule has 13 heavy (non-hydrogen) atoms. The first kappa shape index (κ1) is 8.01. The van der Waals surface area contributed by atoms with Gasteiger partial charge in [0.1, 0.15) is 0 Å². The molecule has 3 aliphatic carbocycles. The molecule has 4 aliphatic rings. The van der Waals surface area contributed by atoms with Crippen molar-refractivity contribution in [3.05, 3.63) is 12.2 Å². The summed E-state index contributed by atoms with van der Waals surface area (Å²) in [6, 6.07) is 0. The zero-order valence-electron chi connectivity index (χ0n) is 7.89. The fourth-order valence-corrected chi connectivity index (χ4v) is 3.58. The maximum absolute atomic E-state index is 9.36. The predicted octanol–water partition coefficient (Wildman–Crippen LogP) is 1.06. The molecule has 0 unspecified atom stereocenters. The lowest BCUT2D eigenvalue weighted by Crippen LogP contribution is -2.47. The Kier molecular flexibility index (Phi) is 1.59. The monoisotopic (exact) mass is 180 g/mol. The molecule has 0 aromatic heterocycles. The summed E-state index contributed by atoms with van der Waals surface area (Å²) < 4.78 is 5.79. The Morgan fingerprint density at radius 2 is 2.15 bits per heavy atom. The van der Waals surface area contributed by atoms with Gasteiger partial charge < -0.3 is 9.84 Å². The first-order valence-electron chi connectivity index (χ1n) is 5.23. The van der Waals surface area contributed by atoms with Crippen molar-refractivity contribution in [2.24, 2.45) is 29.6 Å². The van der Waals surface area contributed by atoms with Crippen molar-refractivity contribution in [2.45, 2.75) is 13.0 Å². The van der Waals surface area contributed by atoms with E-state index < -0.39 is 0 Å². The Bertz CT molecular complexity index is 248. The minimum atomic E-state index is 0.330. The van der Waals surface area contributed by atoms with Gasteiger partial charge in [0.25, 0.3) is 0 Å². The lowest BCUT2D eigenvalue weighted by Gasteiger charge is -2.45. The topological polar surface area (TPSA) is 29.5 Å². The third kappa shape index (κ3) is 0.856. The van der Waals surface area contributed by atoms with Gasteiger partial charge in [0.2, 0.25) is 0 Å². The summed E-state index contributed by atoms with van der Waals surface area (Å²) in [7, 11) is 0. The molecular weight excluding hydrogens is 164 g/mol. The molecule has 0 spiro atoms. The summed E-state index contributed by atoms with van der Waals surface area (Å²) >= 11 is 0. The number of aliphatic hydroxyl groups is 1. The van der Waals surface area contributed by atoms with Gasteiger partial charge in [-0.1, -0.05) is 19.1 Å². The predicted molar refractivity (Wildman–Crippen MR) is 49.1 cm³/mol. The molecule has 1 saturated heterocycles. The van der Waals surface area contributed by atoms with E-state index in [1.807, 2.05) is 0 Å². The van der Waals surface area contributed by atoms with Crippen molar-refractivity contribution in [3.8, 4) is 0 Å². The molecular formula is C11H16O2. The largest absolute Gasteiger partial charge is 0.396 e. The summed E-state index contributed by atoms with van der Waals surface area (Å²) in [6.45, 7) is 3.46. The van der Waals surface area contributed by atoms with Crippen molar-refractivity contribution in [2.75, 3.05) is 13.2 Å². The highest BCUT2D eigenvalue weighted by molar-refractivity contribution is 5.17. The molecule has 2 heteroatoms. The normalized spacial score (nSPS) is 57.4. The molecule has 1 saturated carbocycles. The second-order valence-corrected chi connectivity index (χ2v) is 4.71. The van der Waals surface area contributed by atoms with Gasteiger partial charge in [-0.2, -0.15) is 0 Å². The Balaban J connectivity index is 2.01. The third-order valence-electron chi connectivity index (χ3n) is 4.29. The summed E-state index contributed by atoms with van der Waals surface area (Å²) in [5.74, 6) is 2.82. The van der Waals surface area contributed by atoms with Crippen molar-refractivity contribution >= 4 is 0 Å². The van der Waals surface area contributed by atoms with Crippen LogP contribution in [0.3, 0.4) is 0 Å². The highest BCUT2D eigenvalue weighted by atomic mass is 16.5. The van der Waals surface area contributed by atoms with Crippen LogP contribution in [0.2, 0.25) is 0 Å². The van der Waals surface area contributed by atoms with Crippen LogP contribution in [0, 0.1) is 29.6 Å². The molecule has 0 radical (unpaired) electrons. The summed E-state index contributed by atoms with van der Waals surface area (Å²) in [5, 5.41) is 9.36. The molecule has 6 atom stereocenters. The first-order chi connectivity index (χ1) is 6.33. The van der Waals surface area contributed by atoms with Crippen LogP contribution in [-0.4, -0.2) is 24.4 Å². The van der Waals surface area contributed by atoms with Gasteiger partial charge in [0.05, 0.1) is 12.7 Å². The van der Waals surface area contributed by atoms with Crippen LogP contribution < -0.4 is 0 Å². The number of ether oxygens (including phenoxy) is 1. The smallest absolute Gasteiger partial charge is 0.0672 e. The Labute approximate surface area is 78.6 Å². The molecule has 1 N–H and O–H groups in total. The van der Waals surface area contributed by atoms with Crippen molar-refractivity contribution in [1.29, 1.82) is 0 Å². The van der Waals surface area contributed by atoms with E-state index in [9.17, 15) is 5.11 Å². The Hall–Kier alpha value is -0.340. The van der Waals surface area contributed by atoms with Crippen LogP contribution >= 0.6 is 0 Å². The third-order valence-corrected chi connectivity index (χ3v) is 4.29. The van der Waals surface area contributed by atoms with Gasteiger partial charge in [-0.25, -0.2) is 0 Å². The summed E-state index contributed by atoms with van der Waals surface area (Å²) in [4.78, 5) is 0. The zero-order chi connectivity index (χ0) is 9.00. The van der Waals surface area contributed by atoms with Crippen LogP contribution in [0.1, 0.15) is 6.92 Å². The van der Waals surface area contributed by atoms with Gasteiger partial charge in [0, 0.05) is 12.5 Å². The molecule has 2 nitrogen and oxygen atoms in total. The quantitative estimate of drug-likeness (QED) is 0.611. The van der Waals surface area contributed by atoms with Gasteiger partial charge in [-0.3, -0.25) is 0 Å². The second kappa shape index (κ2) is 2.58. The first-order valence-corrected chi connectivity index (χ1v) is 5.23. The highest BCUT2D eigenvalue weighted by Gasteiger charge is 2.54. The standard InChI is InChI=1S/C11H16O2/c1-6-7-2-3-8-10(9(7)4-12)5-13-11(6)8/h2-3,6-12H,4-5H2,1H3/t6-,7+,8+,9+,10+,11+/m1/s1. The van der Waals surface area contributed by atoms with Gasteiger partial charge >= 0.3 is 0 Å². The minimum Gasteiger partial charge on any atom is -0.396 e. The van der Waals surface area contributed by atoms with Gasteiger partial charge in [-0.05, 0) is 23.7 Å². The molecule has 4 bridgehead atoms. The molecule has 0 amide bonds. The highest BCUT2D eigenvalue weighted by Crippen LogP contribution is 2.52. The average molecular weight is 180 g/mol. The van der Waals surface area contributed by atoms with Gasteiger partial charge in [-0.15, -0.1) is 0 Å². The molecule has 0 aromatic rings. The van der Waals surface area contributed by atoms with E-state index in [2.05, 4.69) is 19.1 Å². The van der Waals surface area contributed by atoms with E-state index >= 15 is 0 Å². The molecule has 2 fully saturated rings. The van der Waals surface area contributed by atoms with Crippen LogP contribution in [0.4, 0.5) is 0 Å². The van der Waals surface area contributed by atoms with Crippen LogP contribution in [0.25, 0.3) is 0 Å². The maximum Gasteiger partial charge on any atom is 0.0672 e. The zero-order valence-corrected chi connectivity index (χ0v) is 7.89. The second-order valence-electron chi connectivity index (χ2n) is 4.71. The number of aliphatic hydroxyl groups excluding tert-OH is 1. The van der Waals surface area contributed by atoms with Crippen LogP contribution in [0.5, 0.6) is 0 Å². The van der Waals surface area contributed by atoms with E-state index in [4.69, 9.17) is 4.74 Å². The number of hydrogen-bond donors (Lipinski definition) is 1. The Morgan fingerprint density at radius 1 is 1.38 bits per heavy atom. The molecule has 4 rings (SSSR count). The van der Waals surface area contributed by atoms with E-state index in [0.717, 1.165) is 6.61 Å². The van der Waals surface area contributed by atoms with E-state index in [0.29, 0.717) is 42.3 Å². The van der Waals surface area contributed by atoms with E-state index in [1.54, 1.807) is 0 Å². The van der Waals surface area contributed by atoms with E-state index in [-0.39, 0.29) is 0 Å². The molecule has 1 heterocycles. The lowest BCUT2D eigenvalue weighted by molar-refractivity contribution is 0.00516. The SMILES string of the molecule is C[C@@H]1[C@@H]2C=C[C@H]3[C@H](CO[C@@H]13)[C@H]2CO. The fraction of sp³-hybridized carbons (Fsp3) is 0.818. The van der Waals surface area contributed by atoms with Crippen molar-refractivity contribution < 1.29 is 9.84 Å². The number of hydrogen-bond acceptors (Lipinski definition) is 2. The Morgan fingerprint density at radius 3 is 2.92 bits per heavy atom. The van der Waals surface area contributed by atoms with Gasteiger partial charge in [0.15, 0.2) is 0 Å². The number of allylic oxidation sites excluding steroid dienone is 1. The average Bonchev–Trinajstić information content (AvgIpc) is 2.54. The van der Waals surface area contributed by atoms with Crippen molar-refractivity contribution in [3.63, 3.8) is 0 Å². The fourth-order valence-electron chi connectivity index (χ4n) is 3.58. The molecule has 72 valence electrons. The summed E-state index contributed by atoms with van der Waals surface area (Å²) in [5.41, 5.74) is 0. The molecule has 0 aromatic carbocycles. The summed E-state index contributed by atoms with van der Waals surface area (Å²) in [6.07, 6.45) is 5.07. The van der Waals surface area contributed by atoms with Crippen LogP contribution in [0.15, 0.2) is 12.2 Å². The number of rotatable bonds is 1. The van der Waals surface area contributed by atoms with E-state index in [1.165, 1.54) is 0 Å². The van der Waals surface area contributed by atoms with Crippen LogP contribution in [-0.2, 0) is 4.74 Å². The van der Waals surface area contributed by atoms with Crippen molar-refractivity contribution in [1.82, 2.24) is 0 Å².